The van der Waals surface area contributed by atoms with E-state index >= 15 is 0 Å². The summed E-state index contributed by atoms with van der Waals surface area (Å²) in [6, 6.07) is 5.64. The third kappa shape index (κ3) is 3.44. The molecule has 104 valence electrons. The van der Waals surface area contributed by atoms with Crippen LogP contribution in [-0.4, -0.2) is 29.6 Å². The molecule has 0 radical (unpaired) electrons. The number of carbonyl (C=O) groups excluding carboxylic acids is 1. The van der Waals surface area contributed by atoms with Gasteiger partial charge >= 0.3 is 6.03 Å². The quantitative estimate of drug-likeness (QED) is 0.863. The van der Waals surface area contributed by atoms with Gasteiger partial charge in [0.1, 0.15) is 5.82 Å². The summed E-state index contributed by atoms with van der Waals surface area (Å²) in [5.41, 5.74) is 6.53. The number of nitrogens with one attached hydrogen (secondary N) is 1. The van der Waals surface area contributed by atoms with Crippen molar-refractivity contribution in [2.45, 2.75) is 38.3 Å². The lowest BCUT2D eigenvalue weighted by molar-refractivity contribution is 0.151. The van der Waals surface area contributed by atoms with Gasteiger partial charge in [0.15, 0.2) is 0 Å². The van der Waals surface area contributed by atoms with Crippen LogP contribution in [0.3, 0.4) is 0 Å². The second kappa shape index (κ2) is 6.02. The van der Waals surface area contributed by atoms with Gasteiger partial charge in [0.05, 0.1) is 0 Å². The topological polar surface area (TPSA) is 58.4 Å². The molecule has 1 saturated heterocycles. The van der Waals surface area contributed by atoms with Gasteiger partial charge in [-0.05, 0) is 50.5 Å². The molecule has 2 atom stereocenters. The molecule has 1 fully saturated rings. The van der Waals surface area contributed by atoms with Crippen molar-refractivity contribution in [1.82, 2.24) is 4.90 Å². The van der Waals surface area contributed by atoms with Gasteiger partial charge in [-0.25, -0.2) is 9.18 Å². The first-order valence-electron chi connectivity index (χ1n) is 6.66. The van der Waals surface area contributed by atoms with Gasteiger partial charge < -0.3 is 16.0 Å². The Labute approximate surface area is 112 Å². The number of urea groups is 1. The van der Waals surface area contributed by atoms with Crippen LogP contribution in [0, 0.1) is 5.82 Å². The third-order valence-corrected chi connectivity index (χ3v) is 3.51. The van der Waals surface area contributed by atoms with Crippen molar-refractivity contribution in [3.05, 3.63) is 30.1 Å². The van der Waals surface area contributed by atoms with Crippen molar-refractivity contribution in [3.8, 4) is 0 Å². The van der Waals surface area contributed by atoms with E-state index in [-0.39, 0.29) is 23.9 Å². The zero-order valence-electron chi connectivity index (χ0n) is 11.1. The fraction of sp³-hybridized carbons (Fsp3) is 0.500. The zero-order valence-corrected chi connectivity index (χ0v) is 11.1. The minimum absolute atomic E-state index is 0.0423. The molecule has 1 aliphatic rings. The summed E-state index contributed by atoms with van der Waals surface area (Å²) in [6.45, 7) is 2.65. The third-order valence-electron chi connectivity index (χ3n) is 3.51. The van der Waals surface area contributed by atoms with Crippen LogP contribution in [0.5, 0.6) is 0 Å². The molecule has 19 heavy (non-hydrogen) atoms. The van der Waals surface area contributed by atoms with Crippen LogP contribution in [0.1, 0.15) is 26.2 Å². The molecule has 1 heterocycles. The molecule has 1 aromatic rings. The van der Waals surface area contributed by atoms with Gasteiger partial charge in [0.25, 0.3) is 0 Å². The second-order valence-electron chi connectivity index (χ2n) is 5.05. The molecule has 2 unspecified atom stereocenters. The highest BCUT2D eigenvalue weighted by atomic mass is 19.1. The van der Waals surface area contributed by atoms with Crippen molar-refractivity contribution in [3.63, 3.8) is 0 Å². The van der Waals surface area contributed by atoms with E-state index in [1.807, 2.05) is 6.92 Å². The highest BCUT2D eigenvalue weighted by Crippen LogP contribution is 2.20. The van der Waals surface area contributed by atoms with Crippen LogP contribution in [0.25, 0.3) is 0 Å². The maximum absolute atomic E-state index is 12.8. The number of halogens is 1. The normalized spacial score (nSPS) is 21.0. The Morgan fingerprint density at radius 2 is 2.11 bits per heavy atom. The Kier molecular flexibility index (Phi) is 4.37. The monoisotopic (exact) mass is 265 g/mol. The first-order chi connectivity index (χ1) is 9.08. The van der Waals surface area contributed by atoms with E-state index in [2.05, 4.69) is 5.32 Å². The number of hydrogen-bond donors (Lipinski definition) is 2. The molecule has 2 amide bonds. The summed E-state index contributed by atoms with van der Waals surface area (Å²) in [6.07, 6.45) is 3.04. The zero-order chi connectivity index (χ0) is 13.8. The molecule has 1 aromatic carbocycles. The highest BCUT2D eigenvalue weighted by Gasteiger charge is 2.29. The van der Waals surface area contributed by atoms with E-state index in [1.165, 1.54) is 12.1 Å². The molecule has 4 nitrogen and oxygen atoms in total. The van der Waals surface area contributed by atoms with E-state index in [1.54, 1.807) is 17.0 Å². The summed E-state index contributed by atoms with van der Waals surface area (Å²) in [7, 11) is 0. The number of benzene rings is 1. The summed E-state index contributed by atoms with van der Waals surface area (Å²) >= 11 is 0. The number of hydrogen-bond acceptors (Lipinski definition) is 2. The molecule has 0 saturated carbocycles. The molecule has 2 rings (SSSR count). The summed E-state index contributed by atoms with van der Waals surface area (Å²) in [5, 5.41) is 2.79. The van der Waals surface area contributed by atoms with E-state index in [0.29, 0.717) is 5.69 Å². The second-order valence-corrected chi connectivity index (χ2v) is 5.05. The average molecular weight is 265 g/mol. The molecular weight excluding hydrogens is 245 g/mol. The number of nitrogens with two attached hydrogens (primary N) is 1. The standard InChI is InChI=1S/C14H20FN3O/c1-10(16)13-4-2-3-9-18(13)14(19)17-12-7-5-11(15)6-8-12/h5-8,10,13H,2-4,9,16H2,1H3,(H,17,19). The first-order valence-corrected chi connectivity index (χ1v) is 6.66. The smallest absolute Gasteiger partial charge is 0.322 e. The Hall–Kier alpha value is -1.62. The van der Waals surface area contributed by atoms with Crippen molar-refractivity contribution < 1.29 is 9.18 Å². The molecule has 0 aliphatic carbocycles. The van der Waals surface area contributed by atoms with E-state index < -0.39 is 0 Å². The molecule has 3 N–H and O–H groups in total. The van der Waals surface area contributed by atoms with E-state index in [0.717, 1.165) is 25.8 Å². The predicted molar refractivity (Wildman–Crippen MR) is 73.4 cm³/mol. The molecule has 1 aliphatic heterocycles. The lowest BCUT2D eigenvalue weighted by Gasteiger charge is -2.37. The van der Waals surface area contributed by atoms with Crippen LogP contribution >= 0.6 is 0 Å². The Balaban J connectivity index is 2.03. The van der Waals surface area contributed by atoms with Crippen molar-refractivity contribution in [2.75, 3.05) is 11.9 Å². The number of carbonyl (C=O) groups is 1. The van der Waals surface area contributed by atoms with Crippen LogP contribution in [0.4, 0.5) is 14.9 Å². The number of nitrogens with zero attached hydrogens (tertiary/aromatic N) is 1. The lowest BCUT2D eigenvalue weighted by Crippen LogP contribution is -2.53. The molecule has 0 aromatic heterocycles. The number of amides is 2. The van der Waals surface area contributed by atoms with Gasteiger partial charge in [-0.1, -0.05) is 0 Å². The van der Waals surface area contributed by atoms with Crippen molar-refractivity contribution in [1.29, 1.82) is 0 Å². The van der Waals surface area contributed by atoms with E-state index in [4.69, 9.17) is 5.73 Å². The molecule has 5 heteroatoms. The van der Waals surface area contributed by atoms with Gasteiger partial charge in [0.2, 0.25) is 0 Å². The van der Waals surface area contributed by atoms with Crippen molar-refractivity contribution in [2.24, 2.45) is 5.73 Å². The fourth-order valence-electron chi connectivity index (χ4n) is 2.48. The molecule has 0 spiro atoms. The SMILES string of the molecule is CC(N)C1CCCCN1C(=O)Nc1ccc(F)cc1. The highest BCUT2D eigenvalue weighted by molar-refractivity contribution is 5.89. The number of anilines is 1. The number of likely N-dealkylation sites (tertiary alicyclic amines) is 1. The van der Waals surface area contributed by atoms with Gasteiger partial charge in [-0.3, -0.25) is 0 Å². The Morgan fingerprint density at radius 1 is 1.42 bits per heavy atom. The molecule has 0 bridgehead atoms. The van der Waals surface area contributed by atoms with Crippen LogP contribution in [0.2, 0.25) is 0 Å². The maximum atomic E-state index is 12.8. The van der Waals surface area contributed by atoms with Crippen LogP contribution < -0.4 is 11.1 Å². The van der Waals surface area contributed by atoms with Gasteiger partial charge in [0, 0.05) is 24.3 Å². The minimum Gasteiger partial charge on any atom is -0.326 e. The van der Waals surface area contributed by atoms with Gasteiger partial charge in [-0.15, -0.1) is 0 Å². The Bertz CT molecular complexity index is 433. The van der Waals surface area contributed by atoms with Gasteiger partial charge in [-0.2, -0.15) is 0 Å². The number of rotatable bonds is 2. The first kappa shape index (κ1) is 13.8. The van der Waals surface area contributed by atoms with Crippen molar-refractivity contribution >= 4 is 11.7 Å². The van der Waals surface area contributed by atoms with Crippen LogP contribution in [-0.2, 0) is 0 Å². The maximum Gasteiger partial charge on any atom is 0.322 e. The summed E-state index contributed by atoms with van der Waals surface area (Å²) in [5.74, 6) is -0.315. The summed E-state index contributed by atoms with van der Waals surface area (Å²) in [4.78, 5) is 14.0. The molecular formula is C14H20FN3O. The fourth-order valence-corrected chi connectivity index (χ4v) is 2.48. The summed E-state index contributed by atoms with van der Waals surface area (Å²) < 4.78 is 12.8. The van der Waals surface area contributed by atoms with Crippen LogP contribution in [0.15, 0.2) is 24.3 Å². The van der Waals surface area contributed by atoms with E-state index in [9.17, 15) is 9.18 Å². The minimum atomic E-state index is -0.315. The predicted octanol–water partition coefficient (Wildman–Crippen LogP) is 2.56. The lowest BCUT2D eigenvalue weighted by atomic mass is 9.97. The number of piperidine rings is 1. The average Bonchev–Trinajstić information content (AvgIpc) is 2.41. The Morgan fingerprint density at radius 3 is 2.74 bits per heavy atom. The largest absolute Gasteiger partial charge is 0.326 e.